The van der Waals surface area contributed by atoms with Gasteiger partial charge in [0.05, 0.1) is 17.4 Å². The van der Waals surface area contributed by atoms with Crippen molar-refractivity contribution in [3.05, 3.63) is 94.5 Å². The lowest BCUT2D eigenvalue weighted by Gasteiger charge is -2.22. The summed E-state index contributed by atoms with van der Waals surface area (Å²) in [5, 5.41) is 3.57. The van der Waals surface area contributed by atoms with E-state index in [0.29, 0.717) is 0 Å². The molecule has 0 saturated heterocycles. The summed E-state index contributed by atoms with van der Waals surface area (Å²) in [5.74, 6) is 0. The van der Waals surface area contributed by atoms with Crippen LogP contribution in [0.3, 0.4) is 0 Å². The molecule has 3 aromatic carbocycles. The van der Waals surface area contributed by atoms with E-state index in [-0.39, 0.29) is 6.04 Å². The third kappa shape index (κ3) is 3.31. The third-order valence-corrected chi connectivity index (χ3v) is 4.07. The summed E-state index contributed by atoms with van der Waals surface area (Å²) in [6.07, 6.45) is 0. The van der Waals surface area contributed by atoms with Gasteiger partial charge in [0.2, 0.25) is 0 Å². The van der Waals surface area contributed by atoms with Crippen molar-refractivity contribution in [1.82, 2.24) is 0 Å². The molecule has 0 aliphatic rings. The molecule has 0 aliphatic heterocycles. The molecule has 0 saturated carbocycles. The van der Waals surface area contributed by atoms with Crippen molar-refractivity contribution in [3.8, 4) is 0 Å². The highest BCUT2D eigenvalue weighted by molar-refractivity contribution is 9.10. The fraction of sp³-hybridized carbons (Fsp3) is 0.0526. The second kappa shape index (κ2) is 6.67. The minimum atomic E-state index is 0.0546. The van der Waals surface area contributed by atoms with Crippen LogP contribution in [0.1, 0.15) is 17.2 Å². The fourth-order valence-corrected chi connectivity index (χ4v) is 2.82. The Morgan fingerprint density at radius 1 is 0.773 bits per heavy atom. The van der Waals surface area contributed by atoms with Gasteiger partial charge < -0.3 is 11.1 Å². The molecule has 3 rings (SSSR count). The molecule has 0 heterocycles. The van der Waals surface area contributed by atoms with Gasteiger partial charge in [-0.25, -0.2) is 0 Å². The van der Waals surface area contributed by atoms with Crippen molar-refractivity contribution in [2.75, 3.05) is 11.1 Å². The third-order valence-electron chi connectivity index (χ3n) is 3.58. The summed E-state index contributed by atoms with van der Waals surface area (Å²) in [5.41, 5.74) is 10.2. The Morgan fingerprint density at radius 3 is 1.86 bits per heavy atom. The average Bonchev–Trinajstić information content (AvgIpc) is 2.57. The quantitative estimate of drug-likeness (QED) is 0.630. The summed E-state index contributed by atoms with van der Waals surface area (Å²) in [6, 6.07) is 26.7. The Balaban J connectivity index is 2.01. The first kappa shape index (κ1) is 14.7. The van der Waals surface area contributed by atoms with E-state index in [2.05, 4.69) is 69.8 Å². The second-order valence-electron chi connectivity index (χ2n) is 5.13. The van der Waals surface area contributed by atoms with Gasteiger partial charge in [0.15, 0.2) is 0 Å². The topological polar surface area (TPSA) is 38.0 Å². The van der Waals surface area contributed by atoms with E-state index in [9.17, 15) is 0 Å². The van der Waals surface area contributed by atoms with Gasteiger partial charge in [-0.3, -0.25) is 0 Å². The summed E-state index contributed by atoms with van der Waals surface area (Å²) < 4.78 is 1.00. The Hall–Kier alpha value is -2.26. The van der Waals surface area contributed by atoms with Crippen LogP contribution < -0.4 is 11.1 Å². The molecule has 22 heavy (non-hydrogen) atoms. The van der Waals surface area contributed by atoms with E-state index in [4.69, 9.17) is 5.73 Å². The van der Waals surface area contributed by atoms with Crippen molar-refractivity contribution >= 4 is 27.3 Å². The van der Waals surface area contributed by atoms with E-state index in [0.717, 1.165) is 15.8 Å². The van der Waals surface area contributed by atoms with E-state index in [1.807, 2.05) is 30.3 Å². The van der Waals surface area contributed by atoms with Crippen LogP contribution in [0.25, 0.3) is 0 Å². The molecule has 3 heteroatoms. The normalized spacial score (nSPS) is 10.6. The Bertz CT molecular complexity index is 702. The second-order valence-corrected chi connectivity index (χ2v) is 6.05. The lowest BCUT2D eigenvalue weighted by Crippen LogP contribution is -2.13. The Labute approximate surface area is 139 Å². The van der Waals surface area contributed by atoms with Gasteiger partial charge in [0.1, 0.15) is 0 Å². The Morgan fingerprint density at radius 2 is 1.32 bits per heavy atom. The summed E-state index contributed by atoms with van der Waals surface area (Å²) in [7, 11) is 0. The van der Waals surface area contributed by atoms with E-state index in [1.165, 1.54) is 11.1 Å². The van der Waals surface area contributed by atoms with Crippen LogP contribution in [0, 0.1) is 0 Å². The van der Waals surface area contributed by atoms with Gasteiger partial charge >= 0.3 is 0 Å². The molecule has 3 N–H and O–H groups in total. The fourth-order valence-electron chi connectivity index (χ4n) is 2.46. The zero-order chi connectivity index (χ0) is 15.4. The minimum Gasteiger partial charge on any atom is -0.397 e. The number of rotatable bonds is 4. The summed E-state index contributed by atoms with van der Waals surface area (Å²) >= 11 is 3.50. The SMILES string of the molecule is Nc1ccc(Br)cc1NC(c1ccccc1)c1ccccc1. The summed E-state index contributed by atoms with van der Waals surface area (Å²) in [6.45, 7) is 0. The highest BCUT2D eigenvalue weighted by atomic mass is 79.9. The number of nitrogens with one attached hydrogen (secondary N) is 1. The van der Waals surface area contributed by atoms with Gasteiger partial charge in [-0.05, 0) is 29.3 Å². The zero-order valence-corrected chi connectivity index (χ0v) is 13.6. The number of hydrogen-bond donors (Lipinski definition) is 2. The predicted molar refractivity (Wildman–Crippen MR) is 96.9 cm³/mol. The maximum Gasteiger partial charge on any atom is 0.0768 e. The van der Waals surface area contributed by atoms with Crippen LogP contribution in [0.5, 0.6) is 0 Å². The minimum absolute atomic E-state index is 0.0546. The molecular formula is C19H17BrN2. The molecule has 0 atom stereocenters. The van der Waals surface area contributed by atoms with Gasteiger partial charge in [-0.2, -0.15) is 0 Å². The molecule has 0 bridgehead atoms. The number of anilines is 2. The highest BCUT2D eigenvalue weighted by Crippen LogP contribution is 2.31. The molecule has 0 unspecified atom stereocenters. The van der Waals surface area contributed by atoms with Gasteiger partial charge in [0.25, 0.3) is 0 Å². The molecule has 0 amide bonds. The number of nitrogen functional groups attached to an aromatic ring is 1. The van der Waals surface area contributed by atoms with Crippen LogP contribution in [0.2, 0.25) is 0 Å². The molecule has 3 aromatic rings. The van der Waals surface area contributed by atoms with Crippen LogP contribution >= 0.6 is 15.9 Å². The smallest absolute Gasteiger partial charge is 0.0768 e. The molecule has 0 aliphatic carbocycles. The highest BCUT2D eigenvalue weighted by Gasteiger charge is 2.14. The van der Waals surface area contributed by atoms with Gasteiger partial charge in [-0.15, -0.1) is 0 Å². The van der Waals surface area contributed by atoms with Crippen LogP contribution in [0.4, 0.5) is 11.4 Å². The number of nitrogens with two attached hydrogens (primary N) is 1. The largest absolute Gasteiger partial charge is 0.397 e. The molecule has 0 fully saturated rings. The lowest BCUT2D eigenvalue weighted by atomic mass is 9.98. The predicted octanol–water partition coefficient (Wildman–Crippen LogP) is 5.23. The first-order valence-electron chi connectivity index (χ1n) is 7.15. The van der Waals surface area contributed by atoms with Crippen molar-refractivity contribution in [2.45, 2.75) is 6.04 Å². The molecule has 0 aromatic heterocycles. The van der Waals surface area contributed by atoms with Gasteiger partial charge in [-0.1, -0.05) is 76.6 Å². The molecule has 2 nitrogen and oxygen atoms in total. The number of hydrogen-bond acceptors (Lipinski definition) is 2. The maximum atomic E-state index is 6.11. The monoisotopic (exact) mass is 352 g/mol. The maximum absolute atomic E-state index is 6.11. The lowest BCUT2D eigenvalue weighted by molar-refractivity contribution is 0.940. The standard InChI is InChI=1S/C19H17BrN2/c20-16-11-12-17(21)18(13-16)22-19(14-7-3-1-4-8-14)15-9-5-2-6-10-15/h1-13,19,22H,21H2. The zero-order valence-electron chi connectivity index (χ0n) is 12.0. The average molecular weight is 353 g/mol. The van der Waals surface area contributed by atoms with Crippen molar-refractivity contribution in [3.63, 3.8) is 0 Å². The van der Waals surface area contributed by atoms with E-state index < -0.39 is 0 Å². The van der Waals surface area contributed by atoms with Crippen LogP contribution in [0.15, 0.2) is 83.3 Å². The molecule has 0 spiro atoms. The first-order valence-corrected chi connectivity index (χ1v) is 7.95. The molecule has 110 valence electrons. The number of benzene rings is 3. The van der Waals surface area contributed by atoms with Crippen LogP contribution in [-0.2, 0) is 0 Å². The Kier molecular flexibility index (Phi) is 4.45. The van der Waals surface area contributed by atoms with E-state index in [1.54, 1.807) is 0 Å². The van der Waals surface area contributed by atoms with E-state index >= 15 is 0 Å². The first-order chi connectivity index (χ1) is 10.7. The van der Waals surface area contributed by atoms with Crippen molar-refractivity contribution in [1.29, 1.82) is 0 Å². The van der Waals surface area contributed by atoms with Crippen LogP contribution in [-0.4, -0.2) is 0 Å². The van der Waals surface area contributed by atoms with Crippen molar-refractivity contribution < 1.29 is 0 Å². The van der Waals surface area contributed by atoms with Crippen molar-refractivity contribution in [2.24, 2.45) is 0 Å². The molecular weight excluding hydrogens is 336 g/mol. The number of halogens is 1. The van der Waals surface area contributed by atoms with Gasteiger partial charge in [0, 0.05) is 4.47 Å². The molecule has 0 radical (unpaired) electrons. The summed E-state index contributed by atoms with van der Waals surface area (Å²) in [4.78, 5) is 0.